The molecule has 4 rings (SSSR count). The van der Waals surface area contributed by atoms with E-state index in [1.165, 1.54) is 23.3 Å². The van der Waals surface area contributed by atoms with Gasteiger partial charge in [0.15, 0.2) is 0 Å². The van der Waals surface area contributed by atoms with E-state index in [0.717, 1.165) is 51.2 Å². The van der Waals surface area contributed by atoms with Crippen molar-refractivity contribution in [2.45, 2.75) is 44.6 Å². The largest absolute Gasteiger partial charge is 0.335 e. The van der Waals surface area contributed by atoms with Gasteiger partial charge in [0.2, 0.25) is 5.91 Å². The van der Waals surface area contributed by atoms with Crippen LogP contribution in [0.15, 0.2) is 11.4 Å². The molecule has 1 aromatic rings. The average molecular weight is 304 g/mol. The van der Waals surface area contributed by atoms with Gasteiger partial charge in [0, 0.05) is 17.8 Å². The Kier molecular flexibility index (Phi) is 3.76. The monoisotopic (exact) mass is 304 g/mol. The zero-order chi connectivity index (χ0) is 14.2. The highest BCUT2D eigenvalue weighted by Crippen LogP contribution is 2.48. The summed E-state index contributed by atoms with van der Waals surface area (Å²) >= 11 is 1.88. The van der Waals surface area contributed by atoms with Gasteiger partial charge in [-0.15, -0.1) is 11.3 Å². The first-order valence-corrected chi connectivity index (χ1v) is 9.27. The first-order chi connectivity index (χ1) is 10.3. The summed E-state index contributed by atoms with van der Waals surface area (Å²) in [5, 5.41) is 5.60. The van der Waals surface area contributed by atoms with Crippen molar-refractivity contribution in [2.75, 3.05) is 19.6 Å². The number of piperidine rings is 1. The van der Waals surface area contributed by atoms with Crippen molar-refractivity contribution in [3.63, 3.8) is 0 Å². The fraction of sp³-hybridized carbons (Fsp3) is 0.706. The van der Waals surface area contributed by atoms with Gasteiger partial charge in [-0.2, -0.15) is 0 Å². The molecule has 2 aliphatic heterocycles. The molecule has 21 heavy (non-hydrogen) atoms. The third-order valence-electron chi connectivity index (χ3n) is 5.32. The summed E-state index contributed by atoms with van der Waals surface area (Å²) in [6.07, 6.45) is 6.77. The second kappa shape index (κ2) is 5.73. The van der Waals surface area contributed by atoms with Crippen LogP contribution in [-0.4, -0.2) is 30.4 Å². The van der Waals surface area contributed by atoms with Crippen LogP contribution in [-0.2, 0) is 11.2 Å². The molecule has 1 amide bonds. The quantitative estimate of drug-likeness (QED) is 0.931. The predicted octanol–water partition coefficient (Wildman–Crippen LogP) is 2.97. The van der Waals surface area contributed by atoms with Gasteiger partial charge in [-0.3, -0.25) is 4.79 Å². The SMILES string of the molecule is O=C(CC1CCNCC1)N1CCc2sccc2C1C1CC1. The number of hydrogen-bond acceptors (Lipinski definition) is 3. The van der Waals surface area contributed by atoms with Crippen molar-refractivity contribution in [3.8, 4) is 0 Å². The van der Waals surface area contributed by atoms with Crippen LogP contribution in [0.5, 0.6) is 0 Å². The number of hydrogen-bond donors (Lipinski definition) is 1. The normalized spacial score (nSPS) is 26.7. The number of amides is 1. The van der Waals surface area contributed by atoms with Gasteiger partial charge in [0.05, 0.1) is 6.04 Å². The van der Waals surface area contributed by atoms with Crippen molar-refractivity contribution in [2.24, 2.45) is 11.8 Å². The standard InChI is InChI=1S/C17H24N2OS/c20-16(11-12-3-7-18-8-4-12)19-9-5-15-14(6-10-21-15)17(19)13-1-2-13/h6,10,12-13,17-18H,1-5,7-9,11H2. The third-order valence-corrected chi connectivity index (χ3v) is 6.32. The molecule has 1 saturated heterocycles. The van der Waals surface area contributed by atoms with Crippen LogP contribution in [0.3, 0.4) is 0 Å². The molecule has 1 atom stereocenters. The van der Waals surface area contributed by atoms with Crippen molar-refractivity contribution in [1.29, 1.82) is 0 Å². The van der Waals surface area contributed by atoms with Crippen molar-refractivity contribution in [3.05, 3.63) is 21.9 Å². The van der Waals surface area contributed by atoms with Gasteiger partial charge < -0.3 is 10.2 Å². The molecule has 1 aromatic heterocycles. The van der Waals surface area contributed by atoms with Gasteiger partial charge >= 0.3 is 0 Å². The lowest BCUT2D eigenvalue weighted by molar-refractivity contribution is -0.135. The van der Waals surface area contributed by atoms with Gasteiger partial charge in [0.1, 0.15) is 0 Å². The Hall–Kier alpha value is -0.870. The molecule has 0 aromatic carbocycles. The highest BCUT2D eigenvalue weighted by Gasteiger charge is 2.41. The smallest absolute Gasteiger partial charge is 0.223 e. The summed E-state index contributed by atoms with van der Waals surface area (Å²) in [5.74, 6) is 1.74. The summed E-state index contributed by atoms with van der Waals surface area (Å²) in [4.78, 5) is 16.6. The van der Waals surface area contributed by atoms with E-state index in [1.807, 2.05) is 11.3 Å². The second-order valence-corrected chi connectivity index (χ2v) is 7.82. The highest BCUT2D eigenvalue weighted by molar-refractivity contribution is 7.10. The van der Waals surface area contributed by atoms with E-state index in [9.17, 15) is 4.79 Å². The lowest BCUT2D eigenvalue weighted by Crippen LogP contribution is -2.42. The topological polar surface area (TPSA) is 32.3 Å². The second-order valence-electron chi connectivity index (χ2n) is 6.82. The Morgan fingerprint density at radius 3 is 2.86 bits per heavy atom. The molecule has 3 heterocycles. The maximum absolute atomic E-state index is 12.8. The van der Waals surface area contributed by atoms with E-state index in [4.69, 9.17) is 0 Å². The third kappa shape index (κ3) is 2.76. The Bertz CT molecular complexity index is 517. The number of thiophene rings is 1. The van der Waals surface area contributed by atoms with Crippen molar-refractivity contribution < 1.29 is 4.79 Å². The lowest BCUT2D eigenvalue weighted by atomic mass is 9.91. The minimum Gasteiger partial charge on any atom is -0.335 e. The Morgan fingerprint density at radius 1 is 1.29 bits per heavy atom. The number of rotatable bonds is 3. The van der Waals surface area contributed by atoms with E-state index in [-0.39, 0.29) is 0 Å². The number of nitrogens with one attached hydrogen (secondary N) is 1. The zero-order valence-electron chi connectivity index (χ0n) is 12.5. The summed E-state index contributed by atoms with van der Waals surface area (Å²) in [6, 6.07) is 2.67. The maximum Gasteiger partial charge on any atom is 0.223 e. The number of carbonyl (C=O) groups excluding carboxylic acids is 1. The van der Waals surface area contributed by atoms with Crippen LogP contribution in [0.4, 0.5) is 0 Å². The molecule has 1 N–H and O–H groups in total. The summed E-state index contributed by atoms with van der Waals surface area (Å²) in [7, 11) is 0. The van der Waals surface area contributed by atoms with E-state index >= 15 is 0 Å². The molecule has 3 nitrogen and oxygen atoms in total. The van der Waals surface area contributed by atoms with Crippen LogP contribution in [0.25, 0.3) is 0 Å². The van der Waals surface area contributed by atoms with Crippen molar-refractivity contribution >= 4 is 17.2 Å². The number of nitrogens with zero attached hydrogens (tertiary/aromatic N) is 1. The van der Waals surface area contributed by atoms with Gasteiger partial charge in [0.25, 0.3) is 0 Å². The predicted molar refractivity (Wildman–Crippen MR) is 85.4 cm³/mol. The number of carbonyl (C=O) groups is 1. The van der Waals surface area contributed by atoms with Crippen LogP contribution in [0.2, 0.25) is 0 Å². The molecule has 3 aliphatic rings. The molecular formula is C17H24N2OS. The van der Waals surface area contributed by atoms with E-state index in [2.05, 4.69) is 21.7 Å². The molecule has 0 radical (unpaired) electrons. The van der Waals surface area contributed by atoms with Gasteiger partial charge in [-0.05, 0) is 74.0 Å². The van der Waals surface area contributed by atoms with Gasteiger partial charge in [-0.25, -0.2) is 0 Å². The minimum absolute atomic E-state index is 0.397. The van der Waals surface area contributed by atoms with E-state index < -0.39 is 0 Å². The Morgan fingerprint density at radius 2 is 2.10 bits per heavy atom. The van der Waals surface area contributed by atoms with Crippen LogP contribution in [0.1, 0.15) is 48.6 Å². The van der Waals surface area contributed by atoms with Crippen LogP contribution < -0.4 is 5.32 Å². The summed E-state index contributed by atoms with van der Waals surface area (Å²) in [6.45, 7) is 3.11. The zero-order valence-corrected chi connectivity index (χ0v) is 13.3. The summed E-state index contributed by atoms with van der Waals surface area (Å²) < 4.78 is 0. The van der Waals surface area contributed by atoms with Gasteiger partial charge in [-0.1, -0.05) is 0 Å². The lowest BCUT2D eigenvalue weighted by Gasteiger charge is -2.37. The van der Waals surface area contributed by atoms with Crippen molar-refractivity contribution in [1.82, 2.24) is 10.2 Å². The molecule has 4 heteroatoms. The minimum atomic E-state index is 0.397. The molecule has 1 saturated carbocycles. The molecule has 1 aliphatic carbocycles. The molecule has 0 bridgehead atoms. The van der Waals surface area contributed by atoms with E-state index in [1.54, 1.807) is 0 Å². The maximum atomic E-state index is 12.8. The molecule has 2 fully saturated rings. The van der Waals surface area contributed by atoms with E-state index in [0.29, 0.717) is 17.9 Å². The Labute approximate surface area is 130 Å². The molecule has 114 valence electrons. The first kappa shape index (κ1) is 13.8. The number of fused-ring (bicyclic) bond motifs is 1. The molecule has 0 spiro atoms. The van der Waals surface area contributed by atoms with Crippen LogP contribution >= 0.6 is 11.3 Å². The fourth-order valence-electron chi connectivity index (χ4n) is 4.00. The average Bonchev–Trinajstić information content (AvgIpc) is 3.23. The van der Waals surface area contributed by atoms with Crippen LogP contribution in [0, 0.1) is 11.8 Å². The fourth-order valence-corrected chi connectivity index (χ4v) is 4.91. The molecular weight excluding hydrogens is 280 g/mol. The summed E-state index contributed by atoms with van der Waals surface area (Å²) in [5.41, 5.74) is 1.47. The molecule has 1 unspecified atom stereocenters. The highest BCUT2D eigenvalue weighted by atomic mass is 32.1. The first-order valence-electron chi connectivity index (χ1n) is 8.39. The Balaban J connectivity index is 1.49.